The molecule has 0 saturated heterocycles. The Labute approximate surface area is 96.4 Å². The molecular formula is C15H16O. The first-order valence-electron chi connectivity index (χ1n) is 5.50. The van der Waals surface area contributed by atoms with Crippen LogP contribution >= 0.6 is 0 Å². The highest BCUT2D eigenvalue weighted by Gasteiger charge is 2.00. The topological polar surface area (TPSA) is 9.23 Å². The Balaban J connectivity index is 2.51. The van der Waals surface area contributed by atoms with Crippen LogP contribution in [-0.2, 0) is 0 Å². The molecule has 0 N–H and O–H groups in total. The normalized spacial score (nSPS) is 10.4. The Morgan fingerprint density at radius 3 is 2.50 bits per heavy atom. The number of ether oxygens (including phenoxy) is 1. The third-order valence-electron chi connectivity index (χ3n) is 2.88. The van der Waals surface area contributed by atoms with Crippen LogP contribution in [0.15, 0.2) is 43.0 Å². The lowest BCUT2D eigenvalue weighted by molar-refractivity contribution is 0.415. The molecule has 1 nitrogen and oxygen atoms in total. The molecule has 0 atom stereocenters. The van der Waals surface area contributed by atoms with Gasteiger partial charge in [0.2, 0.25) is 0 Å². The van der Waals surface area contributed by atoms with E-state index in [1.165, 1.54) is 21.9 Å². The van der Waals surface area contributed by atoms with Crippen LogP contribution in [0.1, 0.15) is 18.9 Å². The highest BCUT2D eigenvalue weighted by atomic mass is 16.5. The molecule has 0 aliphatic carbocycles. The maximum atomic E-state index is 5.20. The monoisotopic (exact) mass is 212 g/mol. The van der Waals surface area contributed by atoms with Gasteiger partial charge in [-0.05, 0) is 46.5 Å². The number of hydrogen-bond donors (Lipinski definition) is 0. The lowest BCUT2D eigenvalue weighted by atomic mass is 10.0. The summed E-state index contributed by atoms with van der Waals surface area (Å²) in [4.78, 5) is 0. The van der Waals surface area contributed by atoms with Crippen LogP contribution in [0.2, 0.25) is 0 Å². The number of methoxy groups -OCH3 is 1. The molecule has 0 saturated carbocycles. The molecule has 2 aromatic carbocycles. The van der Waals surface area contributed by atoms with Crippen molar-refractivity contribution in [1.82, 2.24) is 0 Å². The minimum atomic E-state index is 0.898. The van der Waals surface area contributed by atoms with Crippen molar-refractivity contribution < 1.29 is 4.74 Å². The van der Waals surface area contributed by atoms with E-state index in [2.05, 4.69) is 37.8 Å². The van der Waals surface area contributed by atoms with Crippen molar-refractivity contribution in [2.45, 2.75) is 13.3 Å². The van der Waals surface area contributed by atoms with Gasteiger partial charge in [0.1, 0.15) is 5.75 Å². The molecule has 16 heavy (non-hydrogen) atoms. The van der Waals surface area contributed by atoms with Gasteiger partial charge >= 0.3 is 0 Å². The molecular weight excluding hydrogens is 196 g/mol. The highest BCUT2D eigenvalue weighted by molar-refractivity contribution is 5.87. The second-order valence-corrected chi connectivity index (χ2v) is 3.88. The number of benzene rings is 2. The predicted molar refractivity (Wildman–Crippen MR) is 69.8 cm³/mol. The molecule has 2 rings (SSSR count). The van der Waals surface area contributed by atoms with Gasteiger partial charge < -0.3 is 4.74 Å². The van der Waals surface area contributed by atoms with Crippen molar-refractivity contribution in [1.29, 1.82) is 0 Å². The van der Waals surface area contributed by atoms with Crippen molar-refractivity contribution in [3.05, 3.63) is 48.5 Å². The molecule has 1 heteroatoms. The standard InChI is InChI=1S/C15H16O/c1-4-11(2)12-5-6-14-10-15(16-3)8-7-13(14)9-12/h5-10H,2,4H2,1,3H3. The Morgan fingerprint density at radius 2 is 1.81 bits per heavy atom. The maximum absolute atomic E-state index is 5.20. The second kappa shape index (κ2) is 4.40. The zero-order chi connectivity index (χ0) is 11.5. The summed E-state index contributed by atoms with van der Waals surface area (Å²) >= 11 is 0. The zero-order valence-corrected chi connectivity index (χ0v) is 9.79. The van der Waals surface area contributed by atoms with Crippen LogP contribution in [0.3, 0.4) is 0 Å². The van der Waals surface area contributed by atoms with Gasteiger partial charge in [0.15, 0.2) is 0 Å². The number of allylic oxidation sites excluding steroid dienone is 1. The van der Waals surface area contributed by atoms with Gasteiger partial charge in [0.25, 0.3) is 0 Å². The molecule has 0 bridgehead atoms. The van der Waals surface area contributed by atoms with Crippen LogP contribution < -0.4 is 4.74 Å². The van der Waals surface area contributed by atoms with Crippen molar-refractivity contribution in [2.24, 2.45) is 0 Å². The van der Waals surface area contributed by atoms with E-state index in [4.69, 9.17) is 4.74 Å². The molecule has 2 aromatic rings. The first kappa shape index (κ1) is 10.7. The quantitative estimate of drug-likeness (QED) is 0.738. The molecule has 0 aliphatic heterocycles. The number of fused-ring (bicyclic) bond motifs is 1. The minimum Gasteiger partial charge on any atom is -0.497 e. The van der Waals surface area contributed by atoms with Crippen LogP contribution in [-0.4, -0.2) is 7.11 Å². The highest BCUT2D eigenvalue weighted by Crippen LogP contribution is 2.25. The summed E-state index contributed by atoms with van der Waals surface area (Å²) < 4.78 is 5.20. The van der Waals surface area contributed by atoms with Gasteiger partial charge in [0, 0.05) is 0 Å². The lowest BCUT2D eigenvalue weighted by Crippen LogP contribution is -1.84. The maximum Gasteiger partial charge on any atom is 0.119 e. The Hall–Kier alpha value is -1.76. The average molecular weight is 212 g/mol. The van der Waals surface area contributed by atoms with Crippen LogP contribution in [0.5, 0.6) is 5.75 Å². The van der Waals surface area contributed by atoms with Gasteiger partial charge in [0.05, 0.1) is 7.11 Å². The van der Waals surface area contributed by atoms with Crippen LogP contribution in [0, 0.1) is 0 Å². The Kier molecular flexibility index (Phi) is 2.95. The Bertz CT molecular complexity index is 526. The van der Waals surface area contributed by atoms with Crippen molar-refractivity contribution in [2.75, 3.05) is 7.11 Å². The first-order valence-corrected chi connectivity index (χ1v) is 5.50. The summed E-state index contributed by atoms with van der Waals surface area (Å²) in [7, 11) is 1.69. The molecule has 0 unspecified atom stereocenters. The van der Waals surface area contributed by atoms with Crippen LogP contribution in [0.25, 0.3) is 16.3 Å². The van der Waals surface area contributed by atoms with Crippen molar-refractivity contribution in [3.63, 3.8) is 0 Å². The fourth-order valence-electron chi connectivity index (χ4n) is 1.77. The smallest absolute Gasteiger partial charge is 0.119 e. The first-order chi connectivity index (χ1) is 7.74. The average Bonchev–Trinajstić information content (AvgIpc) is 2.36. The molecule has 0 amide bonds. The summed E-state index contributed by atoms with van der Waals surface area (Å²) in [6.45, 7) is 6.18. The summed E-state index contributed by atoms with van der Waals surface area (Å²) in [6, 6.07) is 12.5. The van der Waals surface area contributed by atoms with E-state index < -0.39 is 0 Å². The van der Waals surface area contributed by atoms with E-state index in [1.54, 1.807) is 7.11 Å². The van der Waals surface area contributed by atoms with Crippen molar-refractivity contribution in [3.8, 4) is 5.75 Å². The molecule has 0 aromatic heterocycles. The van der Waals surface area contributed by atoms with Gasteiger partial charge in [-0.15, -0.1) is 0 Å². The number of hydrogen-bond acceptors (Lipinski definition) is 1. The van der Waals surface area contributed by atoms with Crippen molar-refractivity contribution >= 4 is 16.3 Å². The predicted octanol–water partition coefficient (Wildman–Crippen LogP) is 4.27. The van der Waals surface area contributed by atoms with E-state index in [1.807, 2.05) is 12.1 Å². The summed E-state index contributed by atoms with van der Waals surface area (Å²) in [5, 5.41) is 2.43. The largest absolute Gasteiger partial charge is 0.497 e. The molecule has 0 fully saturated rings. The second-order valence-electron chi connectivity index (χ2n) is 3.88. The summed E-state index contributed by atoms with van der Waals surface area (Å²) in [5.41, 5.74) is 2.40. The fraction of sp³-hybridized carbons (Fsp3) is 0.200. The zero-order valence-electron chi connectivity index (χ0n) is 9.79. The summed E-state index contributed by atoms with van der Waals surface area (Å²) in [6.07, 6.45) is 0.988. The third-order valence-corrected chi connectivity index (χ3v) is 2.88. The van der Waals surface area contributed by atoms with Gasteiger partial charge in [-0.3, -0.25) is 0 Å². The third kappa shape index (κ3) is 1.94. The SMILES string of the molecule is C=C(CC)c1ccc2cc(OC)ccc2c1. The lowest BCUT2D eigenvalue weighted by Gasteiger charge is -2.06. The van der Waals surface area contributed by atoms with E-state index >= 15 is 0 Å². The number of rotatable bonds is 3. The van der Waals surface area contributed by atoms with E-state index in [9.17, 15) is 0 Å². The minimum absolute atomic E-state index is 0.898. The molecule has 0 aliphatic rings. The van der Waals surface area contributed by atoms with E-state index in [-0.39, 0.29) is 0 Å². The van der Waals surface area contributed by atoms with Gasteiger partial charge in [-0.25, -0.2) is 0 Å². The van der Waals surface area contributed by atoms with Crippen LogP contribution in [0.4, 0.5) is 0 Å². The van der Waals surface area contributed by atoms with Gasteiger partial charge in [-0.2, -0.15) is 0 Å². The molecule has 0 radical (unpaired) electrons. The molecule has 82 valence electrons. The molecule has 0 spiro atoms. The van der Waals surface area contributed by atoms with Gasteiger partial charge in [-0.1, -0.05) is 31.7 Å². The van der Waals surface area contributed by atoms with E-state index in [0.717, 1.165) is 12.2 Å². The van der Waals surface area contributed by atoms with E-state index in [0.29, 0.717) is 0 Å². The molecule has 0 heterocycles. The summed E-state index contributed by atoms with van der Waals surface area (Å²) in [5.74, 6) is 0.898. The Morgan fingerprint density at radius 1 is 1.12 bits per heavy atom. The fourth-order valence-corrected chi connectivity index (χ4v) is 1.77.